The minimum absolute atomic E-state index is 0.788. The van der Waals surface area contributed by atoms with Crippen molar-refractivity contribution in [3.63, 3.8) is 0 Å². The lowest BCUT2D eigenvalue weighted by atomic mass is 10.1. The van der Waals surface area contributed by atoms with Crippen molar-refractivity contribution in [2.75, 3.05) is 45.9 Å². The fourth-order valence-corrected chi connectivity index (χ4v) is 2.48. The Kier molecular flexibility index (Phi) is 8.94. The highest BCUT2D eigenvalue weighted by atomic mass is 16.5. The van der Waals surface area contributed by atoms with Crippen molar-refractivity contribution in [1.29, 1.82) is 0 Å². The molecule has 1 fully saturated rings. The smallest absolute Gasteiger partial charge is 0.414 e. The molecule has 0 unspecified atom stereocenters. The lowest BCUT2D eigenvalue weighted by Crippen LogP contribution is -2.47. The van der Waals surface area contributed by atoms with Crippen LogP contribution in [-0.2, 0) is 9.59 Å². The molecular formula is C18H28N2O5. The molecule has 25 heavy (non-hydrogen) atoms. The molecule has 0 aliphatic carbocycles. The lowest BCUT2D eigenvalue weighted by Gasteiger charge is -2.33. The number of rotatable bonds is 5. The van der Waals surface area contributed by atoms with E-state index in [1.54, 1.807) is 0 Å². The molecular weight excluding hydrogens is 324 g/mol. The Bertz CT molecular complexity index is 557. The zero-order valence-corrected chi connectivity index (χ0v) is 15.2. The van der Waals surface area contributed by atoms with Gasteiger partial charge in [0.2, 0.25) is 0 Å². The normalized spacial score (nSPS) is 15.2. The van der Waals surface area contributed by atoms with Crippen LogP contribution in [0, 0.1) is 13.8 Å². The minimum atomic E-state index is -1.82. The number of carbonyl (C=O) groups is 2. The average molecular weight is 352 g/mol. The summed E-state index contributed by atoms with van der Waals surface area (Å²) in [5.74, 6) is -2.61. The van der Waals surface area contributed by atoms with Crippen LogP contribution in [0.25, 0.3) is 0 Å². The third kappa shape index (κ3) is 8.00. The molecule has 0 spiro atoms. The third-order valence-electron chi connectivity index (χ3n) is 4.10. The number of ether oxygens (including phenoxy) is 1. The van der Waals surface area contributed by atoms with E-state index in [0.29, 0.717) is 0 Å². The van der Waals surface area contributed by atoms with E-state index in [1.165, 1.54) is 43.9 Å². The number of aliphatic carboxylic acids is 2. The Morgan fingerprint density at radius 1 is 1.04 bits per heavy atom. The van der Waals surface area contributed by atoms with Crippen molar-refractivity contribution in [3.8, 4) is 5.75 Å². The van der Waals surface area contributed by atoms with Crippen LogP contribution >= 0.6 is 0 Å². The summed E-state index contributed by atoms with van der Waals surface area (Å²) in [5.41, 5.74) is 2.48. The van der Waals surface area contributed by atoms with Crippen LogP contribution in [0.4, 0.5) is 0 Å². The minimum Gasteiger partial charge on any atom is -0.492 e. The maximum absolute atomic E-state index is 9.10. The molecule has 1 aromatic carbocycles. The maximum Gasteiger partial charge on any atom is 0.414 e. The third-order valence-corrected chi connectivity index (χ3v) is 4.10. The van der Waals surface area contributed by atoms with Crippen LogP contribution < -0.4 is 4.74 Å². The molecule has 1 aliphatic heterocycles. The van der Waals surface area contributed by atoms with Gasteiger partial charge in [0.15, 0.2) is 0 Å². The van der Waals surface area contributed by atoms with Gasteiger partial charge in [-0.25, -0.2) is 9.59 Å². The predicted molar refractivity (Wildman–Crippen MR) is 95.2 cm³/mol. The molecule has 0 amide bonds. The molecule has 140 valence electrons. The van der Waals surface area contributed by atoms with Gasteiger partial charge in [-0.1, -0.05) is 19.1 Å². The maximum atomic E-state index is 9.10. The topological polar surface area (TPSA) is 90.3 Å². The number of nitrogens with zero attached hydrogens (tertiary/aromatic N) is 2. The Morgan fingerprint density at radius 2 is 1.60 bits per heavy atom. The van der Waals surface area contributed by atoms with Crippen molar-refractivity contribution >= 4 is 11.9 Å². The van der Waals surface area contributed by atoms with Crippen molar-refractivity contribution in [1.82, 2.24) is 9.80 Å². The predicted octanol–water partition coefficient (Wildman–Crippen LogP) is 1.48. The number of piperazine rings is 1. The Labute approximate surface area is 148 Å². The van der Waals surface area contributed by atoms with Crippen LogP contribution in [0.3, 0.4) is 0 Å². The van der Waals surface area contributed by atoms with Gasteiger partial charge in [-0.05, 0) is 37.6 Å². The fraction of sp³-hybridized carbons (Fsp3) is 0.556. The van der Waals surface area contributed by atoms with E-state index in [2.05, 4.69) is 48.8 Å². The first kappa shape index (κ1) is 20.9. The van der Waals surface area contributed by atoms with Gasteiger partial charge in [0, 0.05) is 32.7 Å². The van der Waals surface area contributed by atoms with Crippen LogP contribution in [0.15, 0.2) is 18.2 Å². The van der Waals surface area contributed by atoms with Gasteiger partial charge in [0.1, 0.15) is 12.4 Å². The molecule has 1 aliphatic rings. The summed E-state index contributed by atoms with van der Waals surface area (Å²) in [5, 5.41) is 14.8. The summed E-state index contributed by atoms with van der Waals surface area (Å²) in [7, 11) is 0. The molecule has 0 aromatic heterocycles. The number of carboxylic acids is 2. The summed E-state index contributed by atoms with van der Waals surface area (Å²) in [6.07, 6.45) is 0. The Hall–Kier alpha value is -2.12. The van der Waals surface area contributed by atoms with Crippen LogP contribution in [0.1, 0.15) is 18.1 Å². The van der Waals surface area contributed by atoms with Crippen LogP contribution in [-0.4, -0.2) is 77.8 Å². The van der Waals surface area contributed by atoms with Crippen molar-refractivity contribution < 1.29 is 24.5 Å². The number of benzene rings is 1. The van der Waals surface area contributed by atoms with Gasteiger partial charge in [0.05, 0.1) is 0 Å². The summed E-state index contributed by atoms with van der Waals surface area (Å²) < 4.78 is 5.92. The van der Waals surface area contributed by atoms with E-state index in [9.17, 15) is 0 Å². The second-order valence-electron chi connectivity index (χ2n) is 6.00. The molecule has 1 saturated heterocycles. The number of aryl methyl sites for hydroxylation is 2. The van der Waals surface area contributed by atoms with E-state index in [0.717, 1.165) is 18.9 Å². The zero-order valence-electron chi connectivity index (χ0n) is 15.2. The highest BCUT2D eigenvalue weighted by Crippen LogP contribution is 2.18. The van der Waals surface area contributed by atoms with Gasteiger partial charge in [-0.3, -0.25) is 4.90 Å². The molecule has 0 saturated carbocycles. The van der Waals surface area contributed by atoms with Gasteiger partial charge in [-0.2, -0.15) is 0 Å². The Morgan fingerprint density at radius 3 is 2.12 bits per heavy atom. The Balaban J connectivity index is 0.000000450. The molecule has 7 nitrogen and oxygen atoms in total. The molecule has 7 heteroatoms. The van der Waals surface area contributed by atoms with Crippen molar-refractivity contribution in [2.24, 2.45) is 0 Å². The van der Waals surface area contributed by atoms with Crippen molar-refractivity contribution in [2.45, 2.75) is 20.8 Å². The van der Waals surface area contributed by atoms with E-state index >= 15 is 0 Å². The van der Waals surface area contributed by atoms with Crippen LogP contribution in [0.5, 0.6) is 5.75 Å². The molecule has 2 N–H and O–H groups in total. The molecule has 0 radical (unpaired) electrons. The first-order valence-corrected chi connectivity index (χ1v) is 8.44. The SMILES string of the molecule is CCN1CCN(CCOc2cc(C)ccc2C)CC1.O=C(O)C(=O)O. The van der Waals surface area contributed by atoms with Gasteiger partial charge in [0.25, 0.3) is 0 Å². The number of likely N-dealkylation sites (N-methyl/N-ethyl adjacent to an activating group) is 1. The van der Waals surface area contributed by atoms with E-state index in [1.807, 2.05) is 0 Å². The summed E-state index contributed by atoms with van der Waals surface area (Å²) in [6, 6.07) is 6.39. The monoisotopic (exact) mass is 352 g/mol. The van der Waals surface area contributed by atoms with Gasteiger partial charge < -0.3 is 19.8 Å². The quantitative estimate of drug-likeness (QED) is 0.776. The van der Waals surface area contributed by atoms with Crippen LogP contribution in [0.2, 0.25) is 0 Å². The zero-order chi connectivity index (χ0) is 18.8. The molecule has 0 bridgehead atoms. The van der Waals surface area contributed by atoms with Gasteiger partial charge in [-0.15, -0.1) is 0 Å². The van der Waals surface area contributed by atoms with E-state index < -0.39 is 11.9 Å². The summed E-state index contributed by atoms with van der Waals surface area (Å²) in [6.45, 7) is 14.2. The lowest BCUT2D eigenvalue weighted by molar-refractivity contribution is -0.159. The van der Waals surface area contributed by atoms with Crippen molar-refractivity contribution in [3.05, 3.63) is 29.3 Å². The number of hydrogen-bond donors (Lipinski definition) is 2. The summed E-state index contributed by atoms with van der Waals surface area (Å²) >= 11 is 0. The fourth-order valence-electron chi connectivity index (χ4n) is 2.48. The van der Waals surface area contributed by atoms with E-state index in [-0.39, 0.29) is 0 Å². The standard InChI is InChI=1S/C16H26N2O.C2H2O4/c1-4-17-7-9-18(10-8-17)11-12-19-16-13-14(2)5-6-15(16)3;3-1(4)2(5)6/h5-6,13H,4,7-12H2,1-3H3;(H,3,4)(H,5,6). The second-order valence-corrected chi connectivity index (χ2v) is 6.00. The number of hydrogen-bond acceptors (Lipinski definition) is 5. The number of carboxylic acid groups (broad SMARTS) is 2. The average Bonchev–Trinajstić information content (AvgIpc) is 2.59. The largest absolute Gasteiger partial charge is 0.492 e. The van der Waals surface area contributed by atoms with Gasteiger partial charge >= 0.3 is 11.9 Å². The molecule has 0 atom stereocenters. The second kappa shape index (κ2) is 10.7. The first-order valence-electron chi connectivity index (χ1n) is 8.44. The highest BCUT2D eigenvalue weighted by molar-refractivity contribution is 6.27. The van der Waals surface area contributed by atoms with E-state index in [4.69, 9.17) is 24.5 Å². The molecule has 1 heterocycles. The molecule has 1 aromatic rings. The molecule has 2 rings (SSSR count). The first-order chi connectivity index (χ1) is 11.8. The highest BCUT2D eigenvalue weighted by Gasteiger charge is 2.15. The summed E-state index contributed by atoms with van der Waals surface area (Å²) in [4.78, 5) is 23.2.